The molecular formula is C17H23N3O. The monoisotopic (exact) mass is 285 g/mol. The van der Waals surface area contributed by atoms with Crippen LogP contribution in [-0.4, -0.2) is 35.9 Å². The van der Waals surface area contributed by atoms with E-state index < -0.39 is 0 Å². The lowest BCUT2D eigenvalue weighted by Crippen LogP contribution is -2.29. The normalized spacial score (nSPS) is 10.6. The van der Waals surface area contributed by atoms with Crippen molar-refractivity contribution in [2.45, 2.75) is 26.2 Å². The van der Waals surface area contributed by atoms with E-state index in [2.05, 4.69) is 17.2 Å². The largest absolute Gasteiger partial charge is 0.383 e. The summed E-state index contributed by atoms with van der Waals surface area (Å²) in [5, 5.41) is 4.42. The minimum absolute atomic E-state index is 0.184. The highest BCUT2D eigenvalue weighted by atomic mass is 16.2. The Morgan fingerprint density at radius 1 is 1.29 bits per heavy atom. The molecule has 21 heavy (non-hydrogen) atoms. The highest BCUT2D eigenvalue weighted by Crippen LogP contribution is 2.20. The van der Waals surface area contributed by atoms with Gasteiger partial charge in [0.05, 0.1) is 11.2 Å². The number of anilines is 1. The quantitative estimate of drug-likeness (QED) is 0.849. The van der Waals surface area contributed by atoms with Gasteiger partial charge in [-0.1, -0.05) is 31.5 Å². The maximum Gasteiger partial charge on any atom is 0.224 e. The summed E-state index contributed by atoms with van der Waals surface area (Å²) in [5.41, 5.74) is 1.93. The lowest BCUT2D eigenvalue weighted by atomic mass is 10.2. The predicted octanol–water partition coefficient (Wildman–Crippen LogP) is 3.30. The molecule has 0 aliphatic rings. The van der Waals surface area contributed by atoms with Crippen LogP contribution in [0.25, 0.3) is 10.9 Å². The van der Waals surface area contributed by atoms with Gasteiger partial charge in [0.2, 0.25) is 5.91 Å². The molecule has 4 heteroatoms. The van der Waals surface area contributed by atoms with Crippen molar-refractivity contribution in [3.05, 3.63) is 36.5 Å². The van der Waals surface area contributed by atoms with E-state index in [9.17, 15) is 4.79 Å². The summed E-state index contributed by atoms with van der Waals surface area (Å²) in [6.07, 6.45) is 4.46. The van der Waals surface area contributed by atoms with Gasteiger partial charge in [-0.3, -0.25) is 9.78 Å². The first kappa shape index (κ1) is 15.3. The lowest BCUT2D eigenvalue weighted by Gasteiger charge is -2.17. The van der Waals surface area contributed by atoms with Crippen molar-refractivity contribution in [1.82, 2.24) is 9.88 Å². The van der Waals surface area contributed by atoms with Gasteiger partial charge in [0.25, 0.3) is 0 Å². The zero-order valence-electron chi connectivity index (χ0n) is 12.8. The summed E-state index contributed by atoms with van der Waals surface area (Å²) in [6.45, 7) is 3.60. The van der Waals surface area contributed by atoms with Crippen LogP contribution in [-0.2, 0) is 4.79 Å². The molecule has 1 N–H and O–H groups in total. The fourth-order valence-corrected chi connectivity index (χ4v) is 2.26. The van der Waals surface area contributed by atoms with Crippen LogP contribution in [0.4, 0.5) is 5.69 Å². The Kier molecular flexibility index (Phi) is 5.55. The number of carbonyl (C=O) groups is 1. The number of unbranched alkanes of at least 4 members (excludes halogenated alkanes) is 1. The maximum atomic E-state index is 12.0. The molecule has 4 nitrogen and oxygen atoms in total. The molecule has 0 atom stereocenters. The van der Waals surface area contributed by atoms with Gasteiger partial charge in [-0.15, -0.1) is 0 Å². The summed E-state index contributed by atoms with van der Waals surface area (Å²) >= 11 is 0. The Balaban J connectivity index is 1.89. The van der Waals surface area contributed by atoms with Crippen molar-refractivity contribution in [2.75, 3.05) is 25.5 Å². The number of nitrogens with zero attached hydrogens (tertiary/aromatic N) is 2. The summed E-state index contributed by atoms with van der Waals surface area (Å²) < 4.78 is 0. The molecule has 1 aromatic carbocycles. The van der Waals surface area contributed by atoms with Crippen LogP contribution < -0.4 is 5.32 Å². The minimum Gasteiger partial charge on any atom is -0.383 e. The molecule has 0 radical (unpaired) electrons. The smallest absolute Gasteiger partial charge is 0.224 e. The molecule has 0 unspecified atom stereocenters. The Labute approximate surface area is 126 Å². The average Bonchev–Trinajstić information content (AvgIpc) is 2.52. The molecule has 0 spiro atoms. The number of amides is 1. The first-order valence-electron chi connectivity index (χ1n) is 7.54. The predicted molar refractivity (Wildman–Crippen MR) is 87.4 cm³/mol. The molecule has 2 aromatic rings. The fourth-order valence-electron chi connectivity index (χ4n) is 2.26. The van der Waals surface area contributed by atoms with Gasteiger partial charge in [0.1, 0.15) is 0 Å². The van der Waals surface area contributed by atoms with Gasteiger partial charge in [-0.05, 0) is 18.6 Å². The van der Waals surface area contributed by atoms with Crippen LogP contribution >= 0.6 is 0 Å². The zero-order valence-corrected chi connectivity index (χ0v) is 12.8. The van der Waals surface area contributed by atoms with Gasteiger partial charge >= 0.3 is 0 Å². The van der Waals surface area contributed by atoms with E-state index in [1.165, 1.54) is 0 Å². The summed E-state index contributed by atoms with van der Waals surface area (Å²) in [6, 6.07) is 10.0. The van der Waals surface area contributed by atoms with Crippen molar-refractivity contribution in [3.63, 3.8) is 0 Å². The molecule has 0 fully saturated rings. The van der Waals surface area contributed by atoms with Crippen LogP contribution in [0.3, 0.4) is 0 Å². The first-order chi connectivity index (χ1) is 10.2. The number of carbonyl (C=O) groups excluding carboxylic acids is 1. The Morgan fingerprint density at radius 3 is 2.90 bits per heavy atom. The second kappa shape index (κ2) is 7.62. The maximum absolute atomic E-state index is 12.0. The number of hydrogen-bond donors (Lipinski definition) is 1. The number of para-hydroxylation sites is 1. The van der Waals surface area contributed by atoms with Gasteiger partial charge in [0, 0.05) is 38.1 Å². The van der Waals surface area contributed by atoms with Gasteiger partial charge in [-0.2, -0.15) is 0 Å². The van der Waals surface area contributed by atoms with Crippen LogP contribution in [0.5, 0.6) is 0 Å². The number of rotatable bonds is 7. The lowest BCUT2D eigenvalue weighted by molar-refractivity contribution is -0.129. The topological polar surface area (TPSA) is 45.2 Å². The summed E-state index contributed by atoms with van der Waals surface area (Å²) in [7, 11) is 1.87. The Hall–Kier alpha value is -2.10. The first-order valence-corrected chi connectivity index (χ1v) is 7.54. The molecule has 0 bridgehead atoms. The molecule has 0 aliphatic carbocycles. The van der Waals surface area contributed by atoms with Crippen molar-refractivity contribution in [3.8, 4) is 0 Å². The fraction of sp³-hybridized carbons (Fsp3) is 0.412. The molecule has 0 saturated heterocycles. The highest BCUT2D eigenvalue weighted by molar-refractivity contribution is 5.90. The number of aromatic nitrogens is 1. The number of benzene rings is 1. The third-order valence-electron chi connectivity index (χ3n) is 3.56. The van der Waals surface area contributed by atoms with Gasteiger partial charge < -0.3 is 10.2 Å². The second-order valence-electron chi connectivity index (χ2n) is 5.23. The molecule has 0 saturated carbocycles. The van der Waals surface area contributed by atoms with Crippen LogP contribution in [0.1, 0.15) is 26.2 Å². The van der Waals surface area contributed by atoms with Gasteiger partial charge in [-0.25, -0.2) is 0 Å². The summed E-state index contributed by atoms with van der Waals surface area (Å²) in [4.78, 5) is 18.2. The molecular weight excluding hydrogens is 262 g/mol. The van der Waals surface area contributed by atoms with E-state index in [0.717, 1.165) is 36.0 Å². The Morgan fingerprint density at radius 2 is 2.10 bits per heavy atom. The standard InChI is InChI=1S/C17H23N3O/c1-3-4-13-20(2)16(21)10-12-18-15-9-5-7-14-8-6-11-19-17(14)15/h5-9,11,18H,3-4,10,12-13H2,1-2H3. The second-order valence-corrected chi connectivity index (χ2v) is 5.23. The van der Waals surface area contributed by atoms with E-state index in [1.54, 1.807) is 6.20 Å². The van der Waals surface area contributed by atoms with Crippen LogP contribution in [0, 0.1) is 0 Å². The number of pyridine rings is 1. The zero-order chi connectivity index (χ0) is 15.1. The third kappa shape index (κ3) is 4.18. The number of fused-ring (bicyclic) bond motifs is 1. The highest BCUT2D eigenvalue weighted by Gasteiger charge is 2.08. The third-order valence-corrected chi connectivity index (χ3v) is 3.56. The van der Waals surface area contributed by atoms with Gasteiger partial charge in [0.15, 0.2) is 0 Å². The van der Waals surface area contributed by atoms with Crippen molar-refractivity contribution < 1.29 is 4.79 Å². The van der Waals surface area contributed by atoms with E-state index in [0.29, 0.717) is 13.0 Å². The van der Waals surface area contributed by atoms with Crippen LogP contribution in [0.2, 0.25) is 0 Å². The number of nitrogens with one attached hydrogen (secondary N) is 1. The average molecular weight is 285 g/mol. The van der Waals surface area contributed by atoms with E-state index in [1.807, 2.05) is 42.3 Å². The molecule has 1 amide bonds. The molecule has 1 aromatic heterocycles. The SMILES string of the molecule is CCCCN(C)C(=O)CCNc1cccc2cccnc12. The number of hydrogen-bond acceptors (Lipinski definition) is 3. The minimum atomic E-state index is 0.184. The van der Waals surface area contributed by atoms with Crippen molar-refractivity contribution in [1.29, 1.82) is 0 Å². The molecule has 1 heterocycles. The Bertz CT molecular complexity index is 592. The van der Waals surface area contributed by atoms with Crippen molar-refractivity contribution >= 4 is 22.5 Å². The molecule has 2 rings (SSSR count). The molecule has 0 aliphatic heterocycles. The van der Waals surface area contributed by atoms with E-state index in [-0.39, 0.29) is 5.91 Å². The van der Waals surface area contributed by atoms with E-state index in [4.69, 9.17) is 0 Å². The van der Waals surface area contributed by atoms with E-state index >= 15 is 0 Å². The van der Waals surface area contributed by atoms with Crippen LogP contribution in [0.15, 0.2) is 36.5 Å². The molecule has 112 valence electrons. The summed E-state index contributed by atoms with van der Waals surface area (Å²) in [5.74, 6) is 0.184. The van der Waals surface area contributed by atoms with Crippen molar-refractivity contribution in [2.24, 2.45) is 0 Å².